The first-order valence-corrected chi connectivity index (χ1v) is 34.1. The van der Waals surface area contributed by atoms with Gasteiger partial charge in [0.2, 0.25) is 5.91 Å². The zero-order chi connectivity index (χ0) is 57.5. The number of hydrogen-bond acceptors (Lipinski definition) is 10. The van der Waals surface area contributed by atoms with Crippen molar-refractivity contribution in [3.05, 3.63) is 24.3 Å². The molecule has 0 spiro atoms. The number of ether oxygens (including phenoxy) is 3. The Morgan fingerprint density at radius 2 is 0.835 bits per heavy atom. The van der Waals surface area contributed by atoms with Crippen LogP contribution < -0.4 is 5.32 Å². The number of nitrogens with one attached hydrogen (secondary N) is 1. The molecule has 0 aromatic heterocycles. The molecule has 1 aliphatic heterocycles. The quantitative estimate of drug-likeness (QED) is 0.0195. The highest BCUT2D eigenvalue weighted by Gasteiger charge is 2.47. The van der Waals surface area contributed by atoms with Crippen LogP contribution in [-0.4, -0.2) is 99.6 Å². The van der Waals surface area contributed by atoms with Crippen molar-refractivity contribution in [3.8, 4) is 0 Å². The van der Waals surface area contributed by atoms with Gasteiger partial charge >= 0.3 is 5.97 Å². The van der Waals surface area contributed by atoms with Crippen molar-refractivity contribution >= 4 is 11.9 Å². The topological polar surface area (TPSA) is 175 Å². The minimum absolute atomic E-state index is 0.130. The van der Waals surface area contributed by atoms with Crippen molar-refractivity contribution in [1.29, 1.82) is 0 Å². The first-order chi connectivity index (χ1) is 38.7. The monoisotopic (exact) mass is 1120 g/mol. The van der Waals surface area contributed by atoms with Crippen molar-refractivity contribution in [2.45, 2.75) is 384 Å². The molecular formula is C68H129NO10. The number of rotatable bonds is 59. The molecule has 6 N–H and O–H groups in total. The summed E-state index contributed by atoms with van der Waals surface area (Å²) in [5.74, 6) is -1.18. The van der Waals surface area contributed by atoms with E-state index in [4.69, 9.17) is 14.2 Å². The molecule has 466 valence electrons. The highest BCUT2D eigenvalue weighted by Crippen LogP contribution is 2.26. The molecule has 79 heavy (non-hydrogen) atoms. The second-order valence-corrected chi connectivity index (χ2v) is 23.9. The highest BCUT2D eigenvalue weighted by atomic mass is 16.7. The molecule has 0 saturated carbocycles. The fraction of sp³-hybridized carbons (Fsp3) is 0.912. The summed E-state index contributed by atoms with van der Waals surface area (Å²) >= 11 is 0. The molecule has 0 bridgehead atoms. The van der Waals surface area contributed by atoms with E-state index in [9.17, 15) is 35.1 Å². The Balaban J connectivity index is 2.58. The molecule has 0 radical (unpaired) electrons. The first kappa shape index (κ1) is 75.2. The van der Waals surface area contributed by atoms with Gasteiger partial charge in [-0.1, -0.05) is 302 Å². The van der Waals surface area contributed by atoms with Crippen molar-refractivity contribution in [1.82, 2.24) is 5.32 Å². The SMILES string of the molecule is CCCCCCCC/C=C/CCCCCCCCCCC(O)C(=O)NC(COC1OC(CO)C(O)C(O)C1OC(=O)CCCCCCCCCCCCCCCCCCCCCCC)C(O)/C=C/CCCCCCCCCCC. The second-order valence-electron chi connectivity index (χ2n) is 23.9. The van der Waals surface area contributed by atoms with Crippen molar-refractivity contribution < 1.29 is 49.3 Å². The normalized spacial score (nSPS) is 18.9. The number of aliphatic hydroxyl groups excluding tert-OH is 5. The third-order valence-electron chi connectivity index (χ3n) is 16.4. The van der Waals surface area contributed by atoms with Crippen LogP contribution in [0.5, 0.6) is 0 Å². The van der Waals surface area contributed by atoms with Gasteiger partial charge in [0.1, 0.15) is 24.4 Å². The van der Waals surface area contributed by atoms with Crippen LogP contribution in [0.3, 0.4) is 0 Å². The smallest absolute Gasteiger partial charge is 0.306 e. The van der Waals surface area contributed by atoms with Gasteiger partial charge in [0.05, 0.1) is 25.4 Å². The van der Waals surface area contributed by atoms with Crippen LogP contribution in [0.2, 0.25) is 0 Å². The summed E-state index contributed by atoms with van der Waals surface area (Å²) in [6.07, 6.45) is 56.5. The predicted molar refractivity (Wildman–Crippen MR) is 329 cm³/mol. The Morgan fingerprint density at radius 1 is 0.481 bits per heavy atom. The maximum atomic E-state index is 13.4. The first-order valence-electron chi connectivity index (χ1n) is 34.1. The second kappa shape index (κ2) is 56.6. The minimum Gasteiger partial charge on any atom is -0.454 e. The van der Waals surface area contributed by atoms with E-state index in [1.807, 2.05) is 6.08 Å². The van der Waals surface area contributed by atoms with Gasteiger partial charge in [0, 0.05) is 6.42 Å². The molecule has 11 nitrogen and oxygen atoms in total. The molecule has 1 saturated heterocycles. The molecule has 11 heteroatoms. The molecule has 8 unspecified atom stereocenters. The fourth-order valence-corrected chi connectivity index (χ4v) is 10.9. The van der Waals surface area contributed by atoms with Crippen LogP contribution in [0, 0.1) is 0 Å². The van der Waals surface area contributed by atoms with Gasteiger partial charge in [-0.25, -0.2) is 0 Å². The van der Waals surface area contributed by atoms with E-state index >= 15 is 0 Å². The van der Waals surface area contributed by atoms with Crippen molar-refractivity contribution in [3.63, 3.8) is 0 Å². The van der Waals surface area contributed by atoms with E-state index in [1.54, 1.807) is 6.08 Å². The summed E-state index contributed by atoms with van der Waals surface area (Å²) < 4.78 is 17.7. The van der Waals surface area contributed by atoms with E-state index in [-0.39, 0.29) is 13.0 Å². The predicted octanol–water partition coefficient (Wildman–Crippen LogP) is 16.8. The minimum atomic E-state index is -1.61. The molecular weight excluding hydrogens is 991 g/mol. The molecule has 1 amide bonds. The lowest BCUT2D eigenvalue weighted by Gasteiger charge is -2.41. The van der Waals surface area contributed by atoms with Gasteiger partial charge in [-0.2, -0.15) is 0 Å². The van der Waals surface area contributed by atoms with Crippen LogP contribution >= 0.6 is 0 Å². The molecule has 1 fully saturated rings. The Bertz CT molecular complexity index is 1380. The van der Waals surface area contributed by atoms with Crippen LogP contribution in [0.15, 0.2) is 24.3 Å². The average molecular weight is 1120 g/mol. The lowest BCUT2D eigenvalue weighted by Crippen LogP contribution is -2.61. The van der Waals surface area contributed by atoms with Crippen LogP contribution in [0.25, 0.3) is 0 Å². The summed E-state index contributed by atoms with van der Waals surface area (Å²) in [6.45, 7) is 5.83. The maximum absolute atomic E-state index is 13.4. The number of hydrogen-bond donors (Lipinski definition) is 6. The fourth-order valence-electron chi connectivity index (χ4n) is 10.9. The van der Waals surface area contributed by atoms with Gasteiger partial charge in [-0.15, -0.1) is 0 Å². The van der Waals surface area contributed by atoms with Crippen LogP contribution in [0.1, 0.15) is 335 Å². The molecule has 1 rings (SSSR count). The molecule has 0 aromatic rings. The van der Waals surface area contributed by atoms with E-state index in [0.29, 0.717) is 19.3 Å². The standard InChI is InChI=1S/C68H129NO10/c1-4-7-10-13-16-19-22-24-26-28-30-31-32-34-36-38-41-44-47-50-53-56-63(73)79-66-65(75)64(74)62(57-70)78-68(66)77-58-59(60(71)54-51-48-45-42-39-21-18-15-12-9-6-3)69-67(76)61(72)55-52-49-46-43-40-37-35-33-29-27-25-23-20-17-14-11-8-5-2/h25,27,51,54,59-62,64-66,68,70-72,74-75H,4-24,26,28-50,52-53,55-58H2,1-3H3,(H,69,76)/b27-25+,54-51+. The third-order valence-corrected chi connectivity index (χ3v) is 16.4. The summed E-state index contributed by atoms with van der Waals surface area (Å²) in [7, 11) is 0. The van der Waals surface area contributed by atoms with Crippen LogP contribution in [-0.2, 0) is 23.8 Å². The van der Waals surface area contributed by atoms with Gasteiger partial charge in [0.25, 0.3) is 0 Å². The van der Waals surface area contributed by atoms with Crippen LogP contribution in [0.4, 0.5) is 0 Å². The maximum Gasteiger partial charge on any atom is 0.306 e. The molecule has 1 aliphatic rings. The average Bonchev–Trinajstić information content (AvgIpc) is 3.45. The molecule has 1 heterocycles. The largest absolute Gasteiger partial charge is 0.454 e. The van der Waals surface area contributed by atoms with Gasteiger partial charge in [-0.05, 0) is 51.4 Å². The van der Waals surface area contributed by atoms with Gasteiger partial charge < -0.3 is 45.1 Å². The summed E-state index contributed by atoms with van der Waals surface area (Å²) in [6, 6.07) is -1.02. The number of carbonyl (C=O) groups excluding carboxylic acids is 2. The van der Waals surface area contributed by atoms with Gasteiger partial charge in [0.15, 0.2) is 12.4 Å². The Labute approximate surface area is 486 Å². The molecule has 0 aliphatic carbocycles. The Hall–Kier alpha value is -1.86. The van der Waals surface area contributed by atoms with E-state index in [0.717, 1.165) is 64.2 Å². The molecule has 8 atom stereocenters. The lowest BCUT2D eigenvalue weighted by molar-refractivity contribution is -0.305. The van der Waals surface area contributed by atoms with E-state index in [1.165, 1.54) is 225 Å². The number of aliphatic hydroxyl groups is 5. The summed E-state index contributed by atoms with van der Waals surface area (Å²) in [5, 5.41) is 57.1. The number of allylic oxidation sites excluding steroid dienone is 3. The number of unbranched alkanes of at least 4 members (excludes halogenated alkanes) is 43. The summed E-state index contributed by atoms with van der Waals surface area (Å²) in [4.78, 5) is 26.6. The Morgan fingerprint density at radius 3 is 1.23 bits per heavy atom. The zero-order valence-corrected chi connectivity index (χ0v) is 51.8. The highest BCUT2D eigenvalue weighted by molar-refractivity contribution is 5.80. The molecule has 0 aromatic carbocycles. The zero-order valence-electron chi connectivity index (χ0n) is 51.8. The number of amides is 1. The van der Waals surface area contributed by atoms with Crippen molar-refractivity contribution in [2.75, 3.05) is 13.2 Å². The van der Waals surface area contributed by atoms with E-state index in [2.05, 4.69) is 38.2 Å². The lowest BCUT2D eigenvalue weighted by atomic mass is 9.99. The third kappa shape index (κ3) is 44.4. The summed E-state index contributed by atoms with van der Waals surface area (Å²) in [5.41, 5.74) is 0. The Kier molecular flexibility index (Phi) is 53.9. The number of esters is 1. The van der Waals surface area contributed by atoms with Crippen molar-refractivity contribution in [2.24, 2.45) is 0 Å². The van der Waals surface area contributed by atoms with E-state index < -0.39 is 67.4 Å². The van der Waals surface area contributed by atoms with Gasteiger partial charge in [-0.3, -0.25) is 9.59 Å². The number of carbonyl (C=O) groups is 2.